The molecule has 0 aromatic heterocycles. The molecule has 7 heteroatoms. The zero-order valence-electron chi connectivity index (χ0n) is 16.4. The number of nitrogens with one attached hydrogen (secondary N) is 1. The second-order valence-electron chi connectivity index (χ2n) is 6.50. The fourth-order valence-electron chi connectivity index (χ4n) is 2.91. The van der Waals surface area contributed by atoms with E-state index in [1.807, 2.05) is 30.3 Å². The van der Waals surface area contributed by atoms with Crippen LogP contribution in [-0.2, 0) is 20.7 Å². The maximum Gasteiger partial charge on any atom is 0.309 e. The van der Waals surface area contributed by atoms with Crippen LogP contribution in [0.3, 0.4) is 0 Å². The van der Waals surface area contributed by atoms with Crippen molar-refractivity contribution in [2.75, 3.05) is 12.4 Å². The van der Waals surface area contributed by atoms with E-state index in [4.69, 9.17) is 27.9 Å². The molecule has 0 bridgehead atoms. The maximum absolute atomic E-state index is 11.6. The van der Waals surface area contributed by atoms with Gasteiger partial charge in [-0.15, -0.1) is 0 Å². The quantitative estimate of drug-likeness (QED) is 0.465. The molecule has 0 aliphatic carbocycles. The fraction of sp³-hybridized carbons (Fsp3) is 0.130. The lowest BCUT2D eigenvalue weighted by atomic mass is 10.0. The van der Waals surface area contributed by atoms with Gasteiger partial charge in [0.15, 0.2) is 5.75 Å². The van der Waals surface area contributed by atoms with Crippen LogP contribution in [0.1, 0.15) is 12.5 Å². The molecule has 5 nitrogen and oxygen atoms in total. The summed E-state index contributed by atoms with van der Waals surface area (Å²) < 4.78 is 10.6. The van der Waals surface area contributed by atoms with Crippen LogP contribution >= 0.6 is 23.2 Å². The fourth-order valence-corrected chi connectivity index (χ4v) is 3.52. The molecule has 30 heavy (non-hydrogen) atoms. The number of benzene rings is 3. The minimum atomic E-state index is -0.392. The molecule has 0 fully saturated rings. The van der Waals surface area contributed by atoms with E-state index in [-0.39, 0.29) is 28.1 Å². The second-order valence-corrected chi connectivity index (χ2v) is 7.31. The first-order valence-corrected chi connectivity index (χ1v) is 9.82. The molecule has 0 spiro atoms. The van der Waals surface area contributed by atoms with E-state index in [2.05, 4.69) is 10.1 Å². The molecule has 3 aromatic rings. The molecular formula is C23H19Cl2NO4. The zero-order valence-corrected chi connectivity index (χ0v) is 17.9. The summed E-state index contributed by atoms with van der Waals surface area (Å²) in [5, 5.41) is 3.37. The normalized spacial score (nSPS) is 10.4. The first-order valence-electron chi connectivity index (χ1n) is 9.07. The van der Waals surface area contributed by atoms with Gasteiger partial charge in [0.1, 0.15) is 5.75 Å². The standard InChI is InChI=1S/C23H19Cl2NO4/c1-14(27)26-21-9-8-17(13-18(21)16-6-4-3-5-7-16)30-23-19(24)10-15(11-20(23)25)12-22(28)29-2/h3-11,13H,12H2,1-2H3,(H,26,27). The Morgan fingerprint density at radius 3 is 2.23 bits per heavy atom. The summed E-state index contributed by atoms with van der Waals surface area (Å²) in [5.74, 6) is 0.204. The van der Waals surface area contributed by atoms with Crippen LogP contribution in [-0.4, -0.2) is 19.0 Å². The van der Waals surface area contributed by atoms with E-state index >= 15 is 0 Å². The number of carbonyl (C=O) groups excluding carboxylic acids is 2. The summed E-state index contributed by atoms with van der Waals surface area (Å²) in [6, 6.07) is 18.1. The van der Waals surface area contributed by atoms with Crippen molar-refractivity contribution in [1.29, 1.82) is 0 Å². The van der Waals surface area contributed by atoms with E-state index < -0.39 is 5.97 Å². The van der Waals surface area contributed by atoms with Crippen molar-refractivity contribution in [1.82, 2.24) is 0 Å². The monoisotopic (exact) mass is 443 g/mol. The number of halogens is 2. The van der Waals surface area contributed by atoms with Crippen LogP contribution in [0.5, 0.6) is 11.5 Å². The van der Waals surface area contributed by atoms with Gasteiger partial charge in [-0.1, -0.05) is 53.5 Å². The average molecular weight is 444 g/mol. The Morgan fingerprint density at radius 2 is 1.63 bits per heavy atom. The molecule has 1 amide bonds. The Bertz CT molecular complexity index is 1060. The van der Waals surface area contributed by atoms with Crippen LogP contribution in [0.2, 0.25) is 10.0 Å². The first kappa shape index (κ1) is 21.7. The number of methoxy groups -OCH3 is 1. The number of hydrogen-bond acceptors (Lipinski definition) is 4. The SMILES string of the molecule is COC(=O)Cc1cc(Cl)c(Oc2ccc(NC(C)=O)c(-c3ccccc3)c2)c(Cl)c1. The molecule has 0 heterocycles. The largest absolute Gasteiger partial charge is 0.469 e. The predicted octanol–water partition coefficient (Wildman–Crippen LogP) is 6.13. The zero-order chi connectivity index (χ0) is 21.7. The van der Waals surface area contributed by atoms with Crippen LogP contribution in [0.15, 0.2) is 60.7 Å². The van der Waals surface area contributed by atoms with E-state index in [0.717, 1.165) is 11.1 Å². The molecule has 3 rings (SSSR count). The van der Waals surface area contributed by atoms with Crippen molar-refractivity contribution >= 4 is 40.8 Å². The predicted molar refractivity (Wildman–Crippen MR) is 118 cm³/mol. The number of esters is 1. The van der Waals surface area contributed by atoms with Crippen LogP contribution in [0, 0.1) is 0 Å². The van der Waals surface area contributed by atoms with Crippen molar-refractivity contribution in [2.45, 2.75) is 13.3 Å². The van der Waals surface area contributed by atoms with E-state index in [1.165, 1.54) is 14.0 Å². The highest BCUT2D eigenvalue weighted by Crippen LogP contribution is 2.40. The summed E-state index contributed by atoms with van der Waals surface area (Å²) in [6.45, 7) is 1.45. The Morgan fingerprint density at radius 1 is 0.967 bits per heavy atom. The van der Waals surface area contributed by atoms with Crippen molar-refractivity contribution in [3.05, 3.63) is 76.3 Å². The van der Waals surface area contributed by atoms with Crippen LogP contribution in [0.4, 0.5) is 5.69 Å². The van der Waals surface area contributed by atoms with Crippen molar-refractivity contribution in [3.8, 4) is 22.6 Å². The minimum Gasteiger partial charge on any atom is -0.469 e. The summed E-state index contributed by atoms with van der Waals surface area (Å²) in [4.78, 5) is 23.1. The van der Waals surface area contributed by atoms with Gasteiger partial charge in [-0.05, 0) is 41.5 Å². The van der Waals surface area contributed by atoms with Gasteiger partial charge in [-0.3, -0.25) is 9.59 Å². The highest BCUT2D eigenvalue weighted by atomic mass is 35.5. The molecule has 1 N–H and O–H groups in total. The smallest absolute Gasteiger partial charge is 0.309 e. The van der Waals surface area contributed by atoms with Gasteiger partial charge in [0.2, 0.25) is 5.91 Å². The minimum absolute atomic E-state index is 0.0553. The van der Waals surface area contributed by atoms with Gasteiger partial charge >= 0.3 is 5.97 Å². The molecule has 0 saturated carbocycles. The van der Waals surface area contributed by atoms with Crippen molar-refractivity contribution in [2.24, 2.45) is 0 Å². The van der Waals surface area contributed by atoms with Crippen LogP contribution < -0.4 is 10.1 Å². The lowest BCUT2D eigenvalue weighted by Gasteiger charge is -2.15. The number of rotatable bonds is 6. The van der Waals surface area contributed by atoms with E-state index in [1.54, 1.807) is 30.3 Å². The molecular weight excluding hydrogens is 425 g/mol. The molecule has 0 saturated heterocycles. The molecule has 0 atom stereocenters. The molecule has 0 radical (unpaired) electrons. The number of hydrogen-bond donors (Lipinski definition) is 1. The van der Waals surface area contributed by atoms with Gasteiger partial charge < -0.3 is 14.8 Å². The third kappa shape index (κ3) is 5.32. The molecule has 0 aliphatic rings. The van der Waals surface area contributed by atoms with Gasteiger partial charge in [0.05, 0.1) is 23.6 Å². The van der Waals surface area contributed by atoms with Gasteiger partial charge in [0, 0.05) is 18.2 Å². The average Bonchev–Trinajstić information content (AvgIpc) is 2.72. The maximum atomic E-state index is 11.6. The third-order valence-corrected chi connectivity index (χ3v) is 4.80. The first-order chi connectivity index (χ1) is 14.4. The highest BCUT2D eigenvalue weighted by Gasteiger charge is 2.15. The Hall–Kier alpha value is -3.02. The highest BCUT2D eigenvalue weighted by molar-refractivity contribution is 6.37. The number of amides is 1. The van der Waals surface area contributed by atoms with E-state index in [9.17, 15) is 9.59 Å². The summed E-state index contributed by atoms with van der Waals surface area (Å²) in [5.41, 5.74) is 2.98. The van der Waals surface area contributed by atoms with Crippen molar-refractivity contribution in [3.63, 3.8) is 0 Å². The summed E-state index contributed by atoms with van der Waals surface area (Å²) in [6.07, 6.45) is 0.0553. The third-order valence-electron chi connectivity index (χ3n) is 4.24. The van der Waals surface area contributed by atoms with Gasteiger partial charge in [0.25, 0.3) is 0 Å². The topological polar surface area (TPSA) is 64.6 Å². The number of carbonyl (C=O) groups is 2. The Balaban J connectivity index is 1.95. The Kier molecular flexibility index (Phi) is 6.98. The number of anilines is 1. The summed E-state index contributed by atoms with van der Waals surface area (Å²) in [7, 11) is 1.32. The molecule has 154 valence electrons. The molecule has 0 unspecified atom stereocenters. The molecule has 3 aromatic carbocycles. The summed E-state index contributed by atoms with van der Waals surface area (Å²) >= 11 is 12.7. The lowest BCUT2D eigenvalue weighted by Crippen LogP contribution is -2.07. The van der Waals surface area contributed by atoms with Gasteiger partial charge in [-0.25, -0.2) is 0 Å². The second kappa shape index (κ2) is 9.65. The van der Waals surface area contributed by atoms with E-state index in [0.29, 0.717) is 17.0 Å². The molecule has 0 aliphatic heterocycles. The van der Waals surface area contributed by atoms with Crippen LogP contribution in [0.25, 0.3) is 11.1 Å². The van der Waals surface area contributed by atoms with Crippen molar-refractivity contribution < 1.29 is 19.1 Å². The number of ether oxygens (including phenoxy) is 2. The Labute approximate surface area is 184 Å². The lowest BCUT2D eigenvalue weighted by molar-refractivity contribution is -0.139. The van der Waals surface area contributed by atoms with Gasteiger partial charge in [-0.2, -0.15) is 0 Å².